The van der Waals surface area contributed by atoms with Crippen molar-refractivity contribution >= 4 is 23.5 Å². The van der Waals surface area contributed by atoms with Gasteiger partial charge in [-0.2, -0.15) is 0 Å². The van der Waals surface area contributed by atoms with Crippen LogP contribution in [0.5, 0.6) is 0 Å². The van der Waals surface area contributed by atoms with Crippen LogP contribution in [-0.4, -0.2) is 48.9 Å². The SMILES string of the molecule is CC(=O)CC(=O)OCC(C)OCC(C)OC(=O)CC(C)=O. The zero-order valence-electron chi connectivity index (χ0n) is 12.8. The van der Waals surface area contributed by atoms with Crippen LogP contribution in [0.1, 0.15) is 40.5 Å². The maximum absolute atomic E-state index is 11.2. The topological polar surface area (TPSA) is 96.0 Å². The quantitative estimate of drug-likeness (QED) is 0.435. The standard InChI is InChI=1S/C14H22O7/c1-9(15)5-13(17)20-7-11(3)19-8-12(4)21-14(18)6-10(2)16/h11-12H,5-8H2,1-4H3. The number of ether oxygens (including phenoxy) is 3. The third-order valence-electron chi connectivity index (χ3n) is 2.21. The van der Waals surface area contributed by atoms with Crippen molar-refractivity contribution in [2.45, 2.75) is 52.7 Å². The molecule has 0 heterocycles. The first kappa shape index (κ1) is 19.2. The van der Waals surface area contributed by atoms with Gasteiger partial charge in [0.05, 0.1) is 12.7 Å². The second kappa shape index (κ2) is 10.0. The van der Waals surface area contributed by atoms with Crippen LogP contribution in [0.25, 0.3) is 0 Å². The highest BCUT2D eigenvalue weighted by molar-refractivity contribution is 5.94. The van der Waals surface area contributed by atoms with Crippen molar-refractivity contribution in [1.29, 1.82) is 0 Å². The van der Waals surface area contributed by atoms with Crippen LogP contribution in [-0.2, 0) is 33.4 Å². The number of Topliss-reactive ketones (excluding diaryl/α,β-unsaturated/α-hetero) is 2. The Morgan fingerprint density at radius 3 is 1.86 bits per heavy atom. The molecule has 7 nitrogen and oxygen atoms in total. The highest BCUT2D eigenvalue weighted by Gasteiger charge is 2.14. The second-order valence-corrected chi connectivity index (χ2v) is 4.89. The van der Waals surface area contributed by atoms with Crippen LogP contribution < -0.4 is 0 Å². The van der Waals surface area contributed by atoms with Crippen molar-refractivity contribution < 1.29 is 33.4 Å². The fraction of sp³-hybridized carbons (Fsp3) is 0.714. The molecule has 0 saturated carbocycles. The molecule has 2 atom stereocenters. The zero-order chi connectivity index (χ0) is 16.4. The van der Waals surface area contributed by atoms with Gasteiger partial charge in [-0.3, -0.25) is 19.2 Å². The van der Waals surface area contributed by atoms with Crippen molar-refractivity contribution in [3.05, 3.63) is 0 Å². The number of hydrogen-bond donors (Lipinski definition) is 0. The van der Waals surface area contributed by atoms with Gasteiger partial charge in [0.1, 0.15) is 37.1 Å². The molecule has 0 aliphatic carbocycles. The molecule has 21 heavy (non-hydrogen) atoms. The van der Waals surface area contributed by atoms with Crippen LogP contribution in [0, 0.1) is 0 Å². The molecule has 0 saturated heterocycles. The Morgan fingerprint density at radius 1 is 0.810 bits per heavy atom. The fourth-order valence-electron chi connectivity index (χ4n) is 1.32. The molecule has 0 aliphatic rings. The third kappa shape index (κ3) is 11.7. The molecule has 0 aromatic rings. The number of ketones is 2. The largest absolute Gasteiger partial charge is 0.463 e. The molecule has 7 heteroatoms. The lowest BCUT2D eigenvalue weighted by Crippen LogP contribution is -2.26. The lowest BCUT2D eigenvalue weighted by atomic mass is 10.3. The van der Waals surface area contributed by atoms with E-state index in [-0.39, 0.29) is 37.6 Å². The van der Waals surface area contributed by atoms with Crippen LogP contribution in [0.3, 0.4) is 0 Å². The van der Waals surface area contributed by atoms with Gasteiger partial charge in [-0.15, -0.1) is 0 Å². The van der Waals surface area contributed by atoms with E-state index in [9.17, 15) is 19.2 Å². The van der Waals surface area contributed by atoms with E-state index >= 15 is 0 Å². The van der Waals surface area contributed by atoms with Gasteiger partial charge in [0, 0.05) is 0 Å². The van der Waals surface area contributed by atoms with Crippen molar-refractivity contribution in [2.24, 2.45) is 0 Å². The summed E-state index contributed by atoms with van der Waals surface area (Å²) in [4.78, 5) is 43.8. The summed E-state index contributed by atoms with van der Waals surface area (Å²) in [5.41, 5.74) is 0. The molecular formula is C14H22O7. The number of rotatable bonds is 10. The summed E-state index contributed by atoms with van der Waals surface area (Å²) in [5, 5.41) is 0. The van der Waals surface area contributed by atoms with E-state index in [1.54, 1.807) is 13.8 Å². The first-order valence-corrected chi connectivity index (χ1v) is 6.66. The van der Waals surface area contributed by atoms with Gasteiger partial charge in [-0.1, -0.05) is 0 Å². The van der Waals surface area contributed by atoms with Crippen molar-refractivity contribution in [3.63, 3.8) is 0 Å². The molecule has 0 N–H and O–H groups in total. The molecule has 0 aliphatic heterocycles. The Kier molecular flexibility index (Phi) is 9.20. The Bertz CT molecular complexity index is 389. The van der Waals surface area contributed by atoms with Crippen LogP contribution in [0.4, 0.5) is 0 Å². The summed E-state index contributed by atoms with van der Waals surface area (Å²) in [6, 6.07) is 0. The third-order valence-corrected chi connectivity index (χ3v) is 2.21. The monoisotopic (exact) mass is 302 g/mol. The molecule has 0 radical (unpaired) electrons. The average Bonchev–Trinajstić information content (AvgIpc) is 2.31. The van der Waals surface area contributed by atoms with E-state index < -0.39 is 24.1 Å². The summed E-state index contributed by atoms with van der Waals surface area (Å²) in [6.07, 6.45) is -1.42. The smallest absolute Gasteiger partial charge is 0.313 e. The minimum Gasteiger partial charge on any atom is -0.463 e. The van der Waals surface area contributed by atoms with Crippen molar-refractivity contribution in [3.8, 4) is 0 Å². The first-order chi connectivity index (χ1) is 9.70. The molecule has 0 amide bonds. The van der Waals surface area contributed by atoms with Gasteiger partial charge >= 0.3 is 11.9 Å². The molecule has 0 bridgehead atoms. The highest BCUT2D eigenvalue weighted by atomic mass is 16.6. The molecule has 0 rings (SSSR count). The van der Waals surface area contributed by atoms with Crippen LogP contribution >= 0.6 is 0 Å². The second-order valence-electron chi connectivity index (χ2n) is 4.89. The summed E-state index contributed by atoms with van der Waals surface area (Å²) in [5.74, 6) is -1.73. The summed E-state index contributed by atoms with van der Waals surface area (Å²) < 4.78 is 15.1. The van der Waals surface area contributed by atoms with Gasteiger partial charge < -0.3 is 14.2 Å². The van der Waals surface area contributed by atoms with E-state index in [1.807, 2.05) is 0 Å². The number of carbonyl (C=O) groups excluding carboxylic acids is 4. The van der Waals surface area contributed by atoms with Crippen molar-refractivity contribution in [1.82, 2.24) is 0 Å². The minimum atomic E-state index is -0.598. The average molecular weight is 302 g/mol. The summed E-state index contributed by atoms with van der Waals surface area (Å²) in [7, 11) is 0. The first-order valence-electron chi connectivity index (χ1n) is 6.66. The van der Waals surface area contributed by atoms with Gasteiger partial charge in [0.2, 0.25) is 0 Å². The predicted molar refractivity (Wildman–Crippen MR) is 72.5 cm³/mol. The number of esters is 2. The van der Waals surface area contributed by atoms with E-state index in [1.165, 1.54) is 13.8 Å². The van der Waals surface area contributed by atoms with Gasteiger partial charge in [0.25, 0.3) is 0 Å². The van der Waals surface area contributed by atoms with E-state index in [2.05, 4.69) is 0 Å². The number of carbonyl (C=O) groups is 4. The number of hydrogen-bond acceptors (Lipinski definition) is 7. The zero-order valence-corrected chi connectivity index (χ0v) is 12.8. The molecule has 120 valence electrons. The Labute approximate surface area is 123 Å². The van der Waals surface area contributed by atoms with Crippen molar-refractivity contribution in [2.75, 3.05) is 13.2 Å². The van der Waals surface area contributed by atoms with E-state index in [4.69, 9.17) is 14.2 Å². The maximum Gasteiger partial charge on any atom is 0.313 e. The Balaban J connectivity index is 3.84. The molecular weight excluding hydrogens is 280 g/mol. The molecule has 0 aromatic heterocycles. The predicted octanol–water partition coefficient (Wildman–Crippen LogP) is 0.825. The summed E-state index contributed by atoms with van der Waals surface area (Å²) in [6.45, 7) is 6.06. The molecule has 0 aromatic carbocycles. The Morgan fingerprint density at radius 2 is 1.33 bits per heavy atom. The fourth-order valence-corrected chi connectivity index (χ4v) is 1.32. The van der Waals surface area contributed by atoms with E-state index in [0.29, 0.717) is 0 Å². The lowest BCUT2D eigenvalue weighted by Gasteiger charge is -2.17. The van der Waals surface area contributed by atoms with E-state index in [0.717, 1.165) is 0 Å². The summed E-state index contributed by atoms with van der Waals surface area (Å²) >= 11 is 0. The minimum absolute atomic E-state index is 0.0141. The molecule has 0 spiro atoms. The molecule has 0 fully saturated rings. The van der Waals surface area contributed by atoms with Crippen LogP contribution in [0.15, 0.2) is 0 Å². The van der Waals surface area contributed by atoms with Gasteiger partial charge in [0.15, 0.2) is 0 Å². The Hall–Kier alpha value is -1.76. The maximum atomic E-state index is 11.2. The van der Waals surface area contributed by atoms with Gasteiger partial charge in [-0.25, -0.2) is 0 Å². The molecule has 2 unspecified atom stereocenters. The highest BCUT2D eigenvalue weighted by Crippen LogP contribution is 2.01. The normalized spacial score (nSPS) is 13.1. The van der Waals surface area contributed by atoms with Gasteiger partial charge in [-0.05, 0) is 27.7 Å². The lowest BCUT2D eigenvalue weighted by molar-refractivity contribution is -0.155. The van der Waals surface area contributed by atoms with Crippen LogP contribution in [0.2, 0.25) is 0 Å².